The van der Waals surface area contributed by atoms with E-state index in [1.54, 1.807) is 18.2 Å². The van der Waals surface area contributed by atoms with Crippen LogP contribution in [0.2, 0.25) is 0 Å². The molecule has 2 nitrogen and oxygen atoms in total. The third-order valence-electron chi connectivity index (χ3n) is 4.87. The Morgan fingerprint density at radius 2 is 1.61 bits per heavy atom. The van der Waals surface area contributed by atoms with Crippen molar-refractivity contribution in [2.45, 2.75) is 30.1 Å². The van der Waals surface area contributed by atoms with Gasteiger partial charge in [0.05, 0.1) is 16.9 Å². The number of benzene rings is 2. The molecule has 0 unspecified atom stereocenters. The van der Waals surface area contributed by atoms with Crippen molar-refractivity contribution in [3.63, 3.8) is 0 Å². The molecule has 0 radical (unpaired) electrons. The number of fused-ring (bicyclic) bond motifs is 1. The second-order valence-corrected chi connectivity index (χ2v) is 8.17. The van der Waals surface area contributed by atoms with Crippen LogP contribution >= 0.6 is 11.9 Å². The molecule has 1 aliphatic heterocycles. The first kappa shape index (κ1) is 21.5. The van der Waals surface area contributed by atoms with Gasteiger partial charge in [-0.05, 0) is 66.8 Å². The number of nitrogens with zero attached hydrogens (tertiary/aromatic N) is 2. The van der Waals surface area contributed by atoms with E-state index in [0.29, 0.717) is 17.0 Å². The van der Waals surface area contributed by atoms with E-state index in [2.05, 4.69) is 4.98 Å². The minimum atomic E-state index is -4.55. The van der Waals surface area contributed by atoms with E-state index in [9.17, 15) is 26.3 Å². The van der Waals surface area contributed by atoms with Gasteiger partial charge in [0.1, 0.15) is 5.69 Å². The summed E-state index contributed by atoms with van der Waals surface area (Å²) in [6.07, 6.45) is -7.38. The third kappa shape index (κ3) is 4.81. The van der Waals surface area contributed by atoms with Gasteiger partial charge in [0.15, 0.2) is 0 Å². The van der Waals surface area contributed by atoms with Gasteiger partial charge >= 0.3 is 12.4 Å². The molecule has 0 amide bonds. The molecule has 1 aromatic heterocycles. The smallest absolute Gasteiger partial charge is 0.312 e. The summed E-state index contributed by atoms with van der Waals surface area (Å²) in [7, 11) is 0. The van der Waals surface area contributed by atoms with Gasteiger partial charge in [-0.15, -0.1) is 0 Å². The Bertz CT molecular complexity index is 1090. The van der Waals surface area contributed by atoms with Gasteiger partial charge in [-0.3, -0.25) is 0 Å². The van der Waals surface area contributed by atoms with E-state index < -0.39 is 23.6 Å². The van der Waals surface area contributed by atoms with Crippen molar-refractivity contribution in [3.05, 3.63) is 77.5 Å². The second kappa shape index (κ2) is 8.11. The van der Waals surface area contributed by atoms with Crippen LogP contribution in [-0.4, -0.2) is 11.5 Å². The minimum absolute atomic E-state index is 0.187. The molecule has 0 saturated carbocycles. The quantitative estimate of drug-likeness (QED) is 0.306. The van der Waals surface area contributed by atoms with Gasteiger partial charge in [-0.25, -0.2) is 4.98 Å². The molecule has 0 saturated heterocycles. The lowest BCUT2D eigenvalue weighted by atomic mass is 10.00. The van der Waals surface area contributed by atoms with Crippen molar-refractivity contribution in [2.75, 3.05) is 10.8 Å². The van der Waals surface area contributed by atoms with Crippen LogP contribution in [-0.2, 0) is 18.8 Å². The first-order valence-corrected chi connectivity index (χ1v) is 10.2. The van der Waals surface area contributed by atoms with Gasteiger partial charge in [-0.1, -0.05) is 24.3 Å². The van der Waals surface area contributed by atoms with Crippen LogP contribution in [0, 0.1) is 0 Å². The predicted octanol–water partition coefficient (Wildman–Crippen LogP) is 7.25. The Morgan fingerprint density at radius 1 is 0.839 bits per heavy atom. The summed E-state index contributed by atoms with van der Waals surface area (Å²) in [4.78, 5) is 4.17. The molecule has 162 valence electrons. The molecule has 9 heteroatoms. The van der Waals surface area contributed by atoms with Gasteiger partial charge < -0.3 is 4.31 Å². The van der Waals surface area contributed by atoms with Gasteiger partial charge in [0.2, 0.25) is 0 Å². The van der Waals surface area contributed by atoms with Crippen molar-refractivity contribution in [1.29, 1.82) is 0 Å². The topological polar surface area (TPSA) is 16.1 Å². The van der Waals surface area contributed by atoms with Crippen molar-refractivity contribution >= 4 is 17.6 Å². The van der Waals surface area contributed by atoms with E-state index in [-0.39, 0.29) is 5.69 Å². The highest BCUT2D eigenvalue weighted by molar-refractivity contribution is 8.00. The second-order valence-electron chi connectivity index (χ2n) is 7.07. The van der Waals surface area contributed by atoms with E-state index >= 15 is 0 Å². The van der Waals surface area contributed by atoms with Gasteiger partial charge in [0, 0.05) is 17.0 Å². The van der Waals surface area contributed by atoms with E-state index in [1.807, 2.05) is 10.4 Å². The number of aromatic nitrogens is 1. The van der Waals surface area contributed by atoms with Crippen molar-refractivity contribution in [3.8, 4) is 11.3 Å². The summed E-state index contributed by atoms with van der Waals surface area (Å²) >= 11 is 1.18. The molecule has 0 fully saturated rings. The molecular formula is C22H16F6N2S. The monoisotopic (exact) mass is 454 g/mol. The highest BCUT2D eigenvalue weighted by atomic mass is 32.2. The number of aryl methyl sites for hydroxylation is 1. The zero-order chi connectivity index (χ0) is 22.2. The molecule has 0 spiro atoms. The Labute approximate surface area is 179 Å². The first-order valence-electron chi connectivity index (χ1n) is 9.41. The van der Waals surface area contributed by atoms with Crippen LogP contribution in [0.3, 0.4) is 0 Å². The van der Waals surface area contributed by atoms with Gasteiger partial charge in [-0.2, -0.15) is 26.3 Å². The summed E-state index contributed by atoms with van der Waals surface area (Å²) in [6, 6.07) is 14.1. The number of rotatable bonds is 3. The molecule has 0 N–H and O–H groups in total. The lowest BCUT2D eigenvalue weighted by Gasteiger charge is -2.30. The lowest BCUT2D eigenvalue weighted by Crippen LogP contribution is -2.22. The number of hydrogen-bond donors (Lipinski definition) is 0. The standard InChI is InChI=1S/C22H16F6N2S/c23-21(24,25)16-5-1-6-17(13-16)31-30-11-3-4-14-9-10-15(12-19(14)30)18-7-2-8-20(29-18)22(26,27)28/h1-2,5-10,12-13H,3-4,11H2. The predicted molar refractivity (Wildman–Crippen MR) is 108 cm³/mol. The molecule has 0 bridgehead atoms. The van der Waals surface area contributed by atoms with Gasteiger partial charge in [0.25, 0.3) is 0 Å². The first-order chi connectivity index (χ1) is 14.6. The molecule has 3 aromatic rings. The molecule has 0 aliphatic carbocycles. The van der Waals surface area contributed by atoms with Crippen molar-refractivity contribution < 1.29 is 26.3 Å². The van der Waals surface area contributed by atoms with Crippen LogP contribution < -0.4 is 4.31 Å². The van der Waals surface area contributed by atoms with Crippen LogP contribution in [0.4, 0.5) is 32.0 Å². The van der Waals surface area contributed by atoms with Crippen LogP contribution in [0.5, 0.6) is 0 Å². The number of hydrogen-bond acceptors (Lipinski definition) is 3. The van der Waals surface area contributed by atoms with E-state index in [4.69, 9.17) is 0 Å². The molecule has 4 rings (SSSR count). The highest BCUT2D eigenvalue weighted by Gasteiger charge is 2.33. The van der Waals surface area contributed by atoms with Crippen LogP contribution in [0.15, 0.2) is 65.6 Å². The Morgan fingerprint density at radius 3 is 2.35 bits per heavy atom. The molecule has 2 aromatic carbocycles. The zero-order valence-electron chi connectivity index (χ0n) is 16.0. The fourth-order valence-corrected chi connectivity index (χ4v) is 4.47. The lowest BCUT2D eigenvalue weighted by molar-refractivity contribution is -0.141. The average molecular weight is 454 g/mol. The highest BCUT2D eigenvalue weighted by Crippen LogP contribution is 2.39. The number of halogens is 6. The molecule has 2 heterocycles. The maximum Gasteiger partial charge on any atom is 0.433 e. The fraction of sp³-hybridized carbons (Fsp3) is 0.227. The summed E-state index contributed by atoms with van der Waals surface area (Å²) in [5.41, 5.74) is 0.759. The minimum Gasteiger partial charge on any atom is -0.312 e. The van der Waals surface area contributed by atoms with Crippen LogP contribution in [0.1, 0.15) is 23.2 Å². The summed E-state index contributed by atoms with van der Waals surface area (Å²) in [6.45, 7) is 0.605. The van der Waals surface area contributed by atoms with Crippen LogP contribution in [0.25, 0.3) is 11.3 Å². The van der Waals surface area contributed by atoms with E-state index in [1.165, 1.54) is 30.1 Å². The van der Waals surface area contributed by atoms with Crippen molar-refractivity contribution in [2.24, 2.45) is 0 Å². The molecule has 31 heavy (non-hydrogen) atoms. The van der Waals surface area contributed by atoms with Crippen molar-refractivity contribution in [1.82, 2.24) is 4.98 Å². The largest absolute Gasteiger partial charge is 0.433 e. The number of alkyl halides is 6. The third-order valence-corrected chi connectivity index (χ3v) is 5.94. The average Bonchev–Trinajstić information content (AvgIpc) is 2.73. The number of anilines is 1. The zero-order valence-corrected chi connectivity index (χ0v) is 16.8. The maximum absolute atomic E-state index is 13.0. The Kier molecular flexibility index (Phi) is 5.63. The summed E-state index contributed by atoms with van der Waals surface area (Å²) in [5, 5.41) is 0. The normalized spacial score (nSPS) is 14.5. The SMILES string of the molecule is FC(F)(F)c1cccc(SN2CCCc3ccc(-c4cccc(C(F)(F)F)n4)cc32)c1. The molecular weight excluding hydrogens is 438 g/mol. The summed E-state index contributed by atoms with van der Waals surface area (Å²) in [5.74, 6) is 0. The number of pyridine rings is 1. The summed E-state index contributed by atoms with van der Waals surface area (Å²) < 4.78 is 80.0. The maximum atomic E-state index is 13.0. The van der Waals surface area contributed by atoms with E-state index in [0.717, 1.165) is 42.3 Å². The molecule has 0 atom stereocenters. The molecule has 1 aliphatic rings. The fourth-order valence-electron chi connectivity index (χ4n) is 3.40. The Hall–Kier alpha value is -2.68. The Balaban J connectivity index is 1.66.